The fourth-order valence-corrected chi connectivity index (χ4v) is 3.29. The summed E-state index contributed by atoms with van der Waals surface area (Å²) in [5, 5.41) is 6.46. The lowest BCUT2D eigenvalue weighted by Crippen LogP contribution is -2.16. The molecule has 32 heavy (non-hydrogen) atoms. The fraction of sp³-hybridized carbons (Fsp3) is 0.0417. The van der Waals surface area contributed by atoms with E-state index in [0.717, 1.165) is 11.5 Å². The lowest BCUT2D eigenvalue weighted by Gasteiger charge is -2.13. The van der Waals surface area contributed by atoms with Crippen LogP contribution in [0.4, 0.5) is 15.8 Å². The number of fused-ring (bicyclic) bond motifs is 1. The highest BCUT2D eigenvalue weighted by Crippen LogP contribution is 2.29. The SMILES string of the molecule is COc1ccc(NC(=O)c2ccc3ccccc3n2)cc1NC(=O)c1ccc(Cl)cc1F. The number of carbonyl (C=O) groups excluding carboxylic acids is 2. The van der Waals surface area contributed by atoms with E-state index in [4.69, 9.17) is 16.3 Å². The van der Waals surface area contributed by atoms with E-state index in [1.807, 2.05) is 30.3 Å². The number of hydrogen-bond acceptors (Lipinski definition) is 4. The molecule has 2 N–H and O–H groups in total. The normalized spacial score (nSPS) is 10.6. The molecule has 0 saturated heterocycles. The van der Waals surface area contributed by atoms with E-state index >= 15 is 0 Å². The lowest BCUT2D eigenvalue weighted by atomic mass is 10.1. The zero-order valence-electron chi connectivity index (χ0n) is 16.9. The van der Waals surface area contributed by atoms with Gasteiger partial charge < -0.3 is 15.4 Å². The van der Waals surface area contributed by atoms with Crippen LogP contribution < -0.4 is 15.4 Å². The third-order valence-electron chi connectivity index (χ3n) is 4.71. The van der Waals surface area contributed by atoms with Gasteiger partial charge in [-0.1, -0.05) is 35.9 Å². The van der Waals surface area contributed by atoms with Crippen molar-refractivity contribution in [2.24, 2.45) is 0 Å². The van der Waals surface area contributed by atoms with Crippen molar-refractivity contribution in [1.29, 1.82) is 0 Å². The molecule has 1 aromatic heterocycles. The lowest BCUT2D eigenvalue weighted by molar-refractivity contribution is 0.101. The molecule has 160 valence electrons. The molecule has 4 aromatic rings. The molecule has 0 atom stereocenters. The van der Waals surface area contributed by atoms with Crippen molar-refractivity contribution in [1.82, 2.24) is 4.98 Å². The third kappa shape index (κ3) is 4.53. The summed E-state index contributed by atoms with van der Waals surface area (Å²) in [5.74, 6) is -1.51. The molecule has 2 amide bonds. The average Bonchev–Trinajstić information content (AvgIpc) is 2.79. The van der Waals surface area contributed by atoms with Gasteiger partial charge in [0.15, 0.2) is 0 Å². The molecule has 0 aliphatic carbocycles. The van der Waals surface area contributed by atoms with Gasteiger partial charge in [0.1, 0.15) is 17.3 Å². The summed E-state index contributed by atoms with van der Waals surface area (Å²) in [4.78, 5) is 29.6. The van der Waals surface area contributed by atoms with Crippen molar-refractivity contribution in [3.05, 3.63) is 94.9 Å². The van der Waals surface area contributed by atoms with Crippen LogP contribution in [0.2, 0.25) is 5.02 Å². The molecular formula is C24H17ClFN3O3. The van der Waals surface area contributed by atoms with Gasteiger partial charge in [0, 0.05) is 16.1 Å². The number of rotatable bonds is 5. The van der Waals surface area contributed by atoms with E-state index < -0.39 is 17.6 Å². The molecule has 0 saturated carbocycles. The minimum Gasteiger partial charge on any atom is -0.495 e. The largest absolute Gasteiger partial charge is 0.495 e. The van der Waals surface area contributed by atoms with Crippen LogP contribution in [-0.4, -0.2) is 23.9 Å². The molecule has 0 aliphatic rings. The summed E-state index contributed by atoms with van der Waals surface area (Å²) in [6.07, 6.45) is 0. The first kappa shape index (κ1) is 21.3. The zero-order chi connectivity index (χ0) is 22.7. The molecule has 4 rings (SSSR count). The van der Waals surface area contributed by atoms with Crippen molar-refractivity contribution < 1.29 is 18.7 Å². The van der Waals surface area contributed by atoms with E-state index in [1.54, 1.807) is 18.2 Å². The standard InChI is InChI=1S/C24H17ClFN3O3/c1-32-22-11-8-16(13-21(22)29-23(30)17-9-7-15(25)12-18(17)26)27-24(31)20-10-6-14-4-2-3-5-19(14)28-20/h2-13H,1H3,(H,27,31)(H,29,30). The maximum absolute atomic E-state index is 14.1. The number of aromatic nitrogens is 1. The zero-order valence-corrected chi connectivity index (χ0v) is 17.6. The van der Waals surface area contributed by atoms with Crippen LogP contribution in [0.1, 0.15) is 20.8 Å². The molecule has 0 aliphatic heterocycles. The average molecular weight is 450 g/mol. The van der Waals surface area contributed by atoms with Crippen molar-refractivity contribution in [2.75, 3.05) is 17.7 Å². The molecule has 3 aromatic carbocycles. The maximum atomic E-state index is 14.1. The second kappa shape index (κ2) is 9.03. The Hall–Kier alpha value is -3.97. The van der Waals surface area contributed by atoms with Gasteiger partial charge in [-0.15, -0.1) is 0 Å². The van der Waals surface area contributed by atoms with Gasteiger partial charge >= 0.3 is 0 Å². The Bertz CT molecular complexity index is 1340. The van der Waals surface area contributed by atoms with Crippen molar-refractivity contribution in [3.63, 3.8) is 0 Å². The van der Waals surface area contributed by atoms with E-state index in [1.165, 1.54) is 25.3 Å². The second-order valence-electron chi connectivity index (χ2n) is 6.84. The van der Waals surface area contributed by atoms with Gasteiger partial charge in [-0.25, -0.2) is 9.37 Å². The van der Waals surface area contributed by atoms with E-state index in [9.17, 15) is 14.0 Å². The predicted molar refractivity (Wildman–Crippen MR) is 122 cm³/mol. The first-order valence-electron chi connectivity index (χ1n) is 9.56. The van der Waals surface area contributed by atoms with Crippen LogP contribution >= 0.6 is 11.6 Å². The first-order valence-corrected chi connectivity index (χ1v) is 9.94. The summed E-state index contributed by atoms with van der Waals surface area (Å²) in [6, 6.07) is 19.4. The molecule has 8 heteroatoms. The van der Waals surface area contributed by atoms with Gasteiger partial charge in [-0.3, -0.25) is 9.59 Å². The van der Waals surface area contributed by atoms with Gasteiger partial charge in [0.25, 0.3) is 11.8 Å². The van der Waals surface area contributed by atoms with Crippen LogP contribution in [-0.2, 0) is 0 Å². The molecule has 0 fully saturated rings. The summed E-state index contributed by atoms with van der Waals surface area (Å²) in [5.41, 5.74) is 1.43. The Morgan fingerprint density at radius 1 is 0.938 bits per heavy atom. The highest BCUT2D eigenvalue weighted by atomic mass is 35.5. The number of amides is 2. The van der Waals surface area contributed by atoms with Crippen LogP contribution in [0.5, 0.6) is 5.75 Å². The molecule has 0 bridgehead atoms. The predicted octanol–water partition coefficient (Wildman–Crippen LogP) is 5.54. The number of nitrogens with one attached hydrogen (secondary N) is 2. The number of para-hydroxylation sites is 1. The maximum Gasteiger partial charge on any atom is 0.274 e. The Morgan fingerprint density at radius 2 is 1.75 bits per heavy atom. The number of ether oxygens (including phenoxy) is 1. The van der Waals surface area contributed by atoms with Crippen molar-refractivity contribution >= 4 is 45.7 Å². The number of benzene rings is 3. The van der Waals surface area contributed by atoms with E-state index in [2.05, 4.69) is 15.6 Å². The number of carbonyl (C=O) groups is 2. The highest BCUT2D eigenvalue weighted by Gasteiger charge is 2.16. The highest BCUT2D eigenvalue weighted by molar-refractivity contribution is 6.30. The number of nitrogens with zero attached hydrogens (tertiary/aromatic N) is 1. The summed E-state index contributed by atoms with van der Waals surface area (Å²) < 4.78 is 19.4. The Labute approximate surface area is 188 Å². The van der Waals surface area contributed by atoms with E-state index in [0.29, 0.717) is 17.0 Å². The number of pyridine rings is 1. The van der Waals surface area contributed by atoms with Crippen LogP contribution in [0, 0.1) is 5.82 Å². The van der Waals surface area contributed by atoms with Gasteiger partial charge in [-0.2, -0.15) is 0 Å². The summed E-state index contributed by atoms with van der Waals surface area (Å²) >= 11 is 5.74. The van der Waals surface area contributed by atoms with Crippen molar-refractivity contribution in [2.45, 2.75) is 0 Å². The Kier molecular flexibility index (Phi) is 6.00. The molecule has 1 heterocycles. The fourth-order valence-electron chi connectivity index (χ4n) is 3.13. The Morgan fingerprint density at radius 3 is 2.53 bits per heavy atom. The minimum absolute atomic E-state index is 0.175. The first-order chi connectivity index (χ1) is 15.4. The number of halogens is 2. The molecular weight excluding hydrogens is 433 g/mol. The summed E-state index contributed by atoms with van der Waals surface area (Å²) in [6.45, 7) is 0. The monoisotopic (exact) mass is 449 g/mol. The van der Waals surface area contributed by atoms with Crippen molar-refractivity contribution in [3.8, 4) is 5.75 Å². The van der Waals surface area contributed by atoms with Gasteiger partial charge in [0.2, 0.25) is 0 Å². The molecule has 0 radical (unpaired) electrons. The Balaban J connectivity index is 1.56. The smallest absolute Gasteiger partial charge is 0.274 e. The molecule has 6 nitrogen and oxygen atoms in total. The third-order valence-corrected chi connectivity index (χ3v) is 4.95. The topological polar surface area (TPSA) is 80.3 Å². The molecule has 0 spiro atoms. The number of methoxy groups -OCH3 is 1. The van der Waals surface area contributed by atoms with Gasteiger partial charge in [-0.05, 0) is 48.5 Å². The van der Waals surface area contributed by atoms with Gasteiger partial charge in [0.05, 0.1) is 23.9 Å². The quantitative estimate of drug-likeness (QED) is 0.419. The van der Waals surface area contributed by atoms with Crippen LogP contribution in [0.3, 0.4) is 0 Å². The number of anilines is 2. The van der Waals surface area contributed by atoms with E-state index in [-0.39, 0.29) is 22.0 Å². The van der Waals surface area contributed by atoms with Crippen LogP contribution in [0.15, 0.2) is 72.8 Å². The number of hydrogen-bond donors (Lipinski definition) is 2. The second-order valence-corrected chi connectivity index (χ2v) is 7.27. The minimum atomic E-state index is -0.749. The molecule has 0 unspecified atom stereocenters. The summed E-state index contributed by atoms with van der Waals surface area (Å²) in [7, 11) is 1.44. The van der Waals surface area contributed by atoms with Crippen LogP contribution in [0.25, 0.3) is 10.9 Å².